The van der Waals surface area contributed by atoms with Crippen molar-refractivity contribution in [1.82, 2.24) is 9.80 Å². The highest BCUT2D eigenvalue weighted by Gasteiger charge is 2.68. The topological polar surface area (TPSA) is 152 Å². The SMILES string of the molecule is O=C(CCCCCCCCCCN1C(=O)C2C3C=CC(C2C1=O)C1C(=O)N(CCCCCCCCCCC(=O)OCC2CO2)C(=O)C31)OCC1CO1. The van der Waals surface area contributed by atoms with E-state index >= 15 is 0 Å². The molecule has 7 rings (SSSR count). The van der Waals surface area contributed by atoms with E-state index in [1.54, 1.807) is 0 Å². The Morgan fingerprint density at radius 1 is 0.500 bits per heavy atom. The standard InChI is InChI=1S/C40H58N2O10/c43-31(51-25-27-23-49-27)17-13-9-5-1-3-7-11-15-21-41-37(45)33-29-19-20-30(34(33)38(41)46)36-35(29)39(47)42(40(36)48)22-16-12-8-4-2-6-10-14-18-32(44)52-26-28-24-50-28/h19-20,27-30,33-36H,1-18,21-26H2. The van der Waals surface area contributed by atoms with Gasteiger partial charge in [-0.25, -0.2) is 0 Å². The average molecular weight is 727 g/mol. The first-order valence-electron chi connectivity index (χ1n) is 20.3. The summed E-state index contributed by atoms with van der Waals surface area (Å²) in [7, 11) is 0. The van der Waals surface area contributed by atoms with E-state index in [1.165, 1.54) is 9.80 Å². The fourth-order valence-electron chi connectivity index (χ4n) is 8.84. The van der Waals surface area contributed by atoms with Crippen LogP contribution in [0.4, 0.5) is 0 Å². The number of unbranched alkanes of at least 4 members (excludes halogenated alkanes) is 14. The molecule has 6 unspecified atom stereocenters. The van der Waals surface area contributed by atoms with Crippen LogP contribution in [0, 0.1) is 35.5 Å². The van der Waals surface area contributed by atoms with Gasteiger partial charge in [-0.2, -0.15) is 0 Å². The third-order valence-electron chi connectivity index (χ3n) is 11.9. The maximum atomic E-state index is 13.6. The predicted octanol–water partition coefficient (Wildman–Crippen LogP) is 4.91. The van der Waals surface area contributed by atoms with Crippen molar-refractivity contribution >= 4 is 35.6 Å². The summed E-state index contributed by atoms with van der Waals surface area (Å²) in [5.41, 5.74) is 0. The van der Waals surface area contributed by atoms with Gasteiger partial charge in [0.2, 0.25) is 23.6 Å². The molecule has 12 nitrogen and oxygen atoms in total. The highest BCUT2D eigenvalue weighted by molar-refractivity contribution is 6.10. The summed E-state index contributed by atoms with van der Waals surface area (Å²) in [4.78, 5) is 80.7. The molecular weight excluding hydrogens is 668 g/mol. The van der Waals surface area contributed by atoms with E-state index in [1.807, 2.05) is 12.2 Å². The molecular formula is C40H58N2O10. The van der Waals surface area contributed by atoms with Crippen LogP contribution in [0.5, 0.6) is 0 Å². The Morgan fingerprint density at radius 3 is 1.10 bits per heavy atom. The molecule has 0 aromatic carbocycles. The minimum atomic E-state index is -0.539. The molecule has 4 amide bonds. The number of carbonyl (C=O) groups is 6. The van der Waals surface area contributed by atoms with Crippen molar-refractivity contribution < 1.29 is 47.7 Å². The van der Waals surface area contributed by atoms with Crippen molar-refractivity contribution in [2.45, 2.75) is 128 Å². The van der Waals surface area contributed by atoms with Crippen molar-refractivity contribution in [2.75, 3.05) is 39.5 Å². The lowest BCUT2D eigenvalue weighted by Gasteiger charge is -2.44. The monoisotopic (exact) mass is 726 g/mol. The zero-order valence-corrected chi connectivity index (χ0v) is 30.7. The predicted molar refractivity (Wildman–Crippen MR) is 188 cm³/mol. The lowest BCUT2D eigenvalue weighted by atomic mass is 9.54. The second-order valence-corrected chi connectivity index (χ2v) is 15.7. The van der Waals surface area contributed by atoms with Gasteiger partial charge in [-0.05, 0) is 25.7 Å². The first-order chi connectivity index (χ1) is 25.3. The molecule has 0 aromatic rings. The van der Waals surface area contributed by atoms with Crippen molar-refractivity contribution in [3.63, 3.8) is 0 Å². The number of hydrogen-bond donors (Lipinski definition) is 0. The number of imide groups is 2. The van der Waals surface area contributed by atoms with E-state index in [-0.39, 0.29) is 47.8 Å². The van der Waals surface area contributed by atoms with Gasteiger partial charge in [-0.15, -0.1) is 0 Å². The number of rotatable bonds is 26. The van der Waals surface area contributed by atoms with Gasteiger partial charge in [-0.1, -0.05) is 89.2 Å². The number of carbonyl (C=O) groups excluding carboxylic acids is 6. The molecule has 3 aliphatic carbocycles. The molecule has 7 aliphatic rings. The fourth-order valence-corrected chi connectivity index (χ4v) is 8.84. The van der Waals surface area contributed by atoms with Gasteiger partial charge in [0.25, 0.3) is 0 Å². The maximum Gasteiger partial charge on any atom is 0.305 e. The smallest absolute Gasteiger partial charge is 0.305 e. The number of esters is 2. The number of allylic oxidation sites excluding steroid dienone is 2. The molecule has 0 radical (unpaired) electrons. The Morgan fingerprint density at radius 2 is 0.788 bits per heavy atom. The number of amides is 4. The molecule has 0 N–H and O–H groups in total. The molecule has 4 aliphatic heterocycles. The number of nitrogens with zero attached hydrogens (tertiary/aromatic N) is 2. The highest BCUT2D eigenvalue weighted by Crippen LogP contribution is 2.57. The van der Waals surface area contributed by atoms with Crippen LogP contribution < -0.4 is 0 Å². The molecule has 12 heteroatoms. The first kappa shape index (κ1) is 38.6. The number of ether oxygens (including phenoxy) is 4. The van der Waals surface area contributed by atoms with Crippen molar-refractivity contribution in [3.05, 3.63) is 12.2 Å². The Balaban J connectivity index is 0.828. The first-order valence-corrected chi connectivity index (χ1v) is 20.3. The zero-order valence-electron chi connectivity index (χ0n) is 30.7. The Hall–Kier alpha value is -3.12. The van der Waals surface area contributed by atoms with Crippen LogP contribution in [0.1, 0.15) is 116 Å². The molecule has 52 heavy (non-hydrogen) atoms. The lowest BCUT2D eigenvalue weighted by molar-refractivity contribution is -0.145. The molecule has 2 bridgehead atoms. The van der Waals surface area contributed by atoms with Gasteiger partial charge in [0.05, 0.1) is 36.9 Å². The maximum absolute atomic E-state index is 13.6. The summed E-state index contributed by atoms with van der Waals surface area (Å²) in [6.45, 7) is 2.91. The molecule has 0 spiro atoms. The molecule has 288 valence electrons. The van der Waals surface area contributed by atoms with Crippen LogP contribution in [0.2, 0.25) is 0 Å². The van der Waals surface area contributed by atoms with E-state index in [0.29, 0.717) is 52.4 Å². The van der Waals surface area contributed by atoms with Gasteiger partial charge in [0.1, 0.15) is 25.4 Å². The Labute approximate surface area is 307 Å². The van der Waals surface area contributed by atoms with Gasteiger partial charge >= 0.3 is 11.9 Å². The lowest BCUT2D eigenvalue weighted by Crippen LogP contribution is -2.50. The number of epoxide rings is 2. The van der Waals surface area contributed by atoms with Crippen LogP contribution in [-0.4, -0.2) is 97.1 Å². The van der Waals surface area contributed by atoms with E-state index in [4.69, 9.17) is 18.9 Å². The van der Waals surface area contributed by atoms with Crippen LogP contribution in [0.3, 0.4) is 0 Å². The second kappa shape index (κ2) is 18.8. The van der Waals surface area contributed by atoms with Crippen LogP contribution in [-0.2, 0) is 47.7 Å². The largest absolute Gasteiger partial charge is 0.463 e. The van der Waals surface area contributed by atoms with Crippen LogP contribution >= 0.6 is 0 Å². The minimum absolute atomic E-state index is 0.105. The van der Waals surface area contributed by atoms with Crippen molar-refractivity contribution in [3.8, 4) is 0 Å². The van der Waals surface area contributed by atoms with Crippen molar-refractivity contribution in [1.29, 1.82) is 0 Å². The van der Waals surface area contributed by atoms with Crippen LogP contribution in [0.15, 0.2) is 12.2 Å². The van der Waals surface area contributed by atoms with Gasteiger partial charge in [-0.3, -0.25) is 38.6 Å². The molecule has 1 saturated carbocycles. The second-order valence-electron chi connectivity index (χ2n) is 15.7. The van der Waals surface area contributed by atoms with Crippen LogP contribution in [0.25, 0.3) is 0 Å². The normalized spacial score (nSPS) is 29.5. The Bertz CT molecular complexity index is 1180. The molecule has 4 heterocycles. The summed E-state index contributed by atoms with van der Waals surface area (Å²) >= 11 is 0. The molecule has 6 atom stereocenters. The third kappa shape index (κ3) is 9.89. The van der Waals surface area contributed by atoms with Gasteiger partial charge < -0.3 is 18.9 Å². The third-order valence-corrected chi connectivity index (χ3v) is 11.9. The molecule has 0 aromatic heterocycles. The summed E-state index contributed by atoms with van der Waals surface area (Å²) < 4.78 is 20.4. The summed E-state index contributed by atoms with van der Waals surface area (Å²) in [5, 5.41) is 0. The summed E-state index contributed by atoms with van der Waals surface area (Å²) in [6.07, 6.45) is 20.5. The minimum Gasteiger partial charge on any atom is -0.463 e. The fraction of sp³-hybridized carbons (Fsp3) is 0.800. The summed E-state index contributed by atoms with van der Waals surface area (Å²) in [5.74, 6) is -3.92. The molecule has 4 saturated heterocycles. The average Bonchev–Trinajstić information content (AvgIpc) is 4.09. The Kier molecular flexibility index (Phi) is 13.9. The van der Waals surface area contributed by atoms with E-state index in [0.717, 1.165) is 103 Å². The van der Waals surface area contributed by atoms with E-state index in [2.05, 4.69) is 0 Å². The van der Waals surface area contributed by atoms with Gasteiger partial charge in [0.15, 0.2) is 0 Å². The zero-order chi connectivity index (χ0) is 36.5. The number of hydrogen-bond acceptors (Lipinski definition) is 10. The van der Waals surface area contributed by atoms with Crippen molar-refractivity contribution in [2.24, 2.45) is 35.5 Å². The summed E-state index contributed by atoms with van der Waals surface area (Å²) in [6, 6.07) is 0. The highest BCUT2D eigenvalue weighted by atomic mass is 16.6. The molecule has 5 fully saturated rings. The number of likely N-dealkylation sites (tertiary alicyclic amines) is 2. The van der Waals surface area contributed by atoms with E-state index < -0.39 is 35.5 Å². The van der Waals surface area contributed by atoms with Gasteiger partial charge in [0, 0.05) is 37.8 Å². The van der Waals surface area contributed by atoms with E-state index in [9.17, 15) is 28.8 Å². The quantitative estimate of drug-likeness (QED) is 0.0395.